The number of guanidine groups is 1. The highest BCUT2D eigenvalue weighted by Gasteiger charge is 2.49. The van der Waals surface area contributed by atoms with Crippen molar-refractivity contribution in [2.75, 3.05) is 47.6 Å². The molecular formula is C13H23N5O4. The van der Waals surface area contributed by atoms with Crippen LogP contribution < -0.4 is 10.6 Å². The van der Waals surface area contributed by atoms with Crippen LogP contribution in [0.1, 0.15) is 6.42 Å². The Labute approximate surface area is 129 Å². The Hall–Kier alpha value is -1.87. The van der Waals surface area contributed by atoms with E-state index >= 15 is 0 Å². The summed E-state index contributed by atoms with van der Waals surface area (Å²) in [5, 5.41) is 5.52. The summed E-state index contributed by atoms with van der Waals surface area (Å²) in [6.45, 7) is 2.19. The molecule has 0 spiro atoms. The lowest BCUT2D eigenvalue weighted by Crippen LogP contribution is -2.65. The van der Waals surface area contributed by atoms with Crippen molar-refractivity contribution >= 4 is 17.9 Å². The Morgan fingerprint density at radius 3 is 2.64 bits per heavy atom. The SMILES string of the molecule is COCCCN=C1NC2C(C(=O)NC(=O)N2C)N1CCOC. The van der Waals surface area contributed by atoms with Crippen LogP contribution in [0.5, 0.6) is 0 Å². The molecule has 0 saturated carbocycles. The van der Waals surface area contributed by atoms with E-state index in [2.05, 4.69) is 15.6 Å². The van der Waals surface area contributed by atoms with E-state index in [4.69, 9.17) is 9.47 Å². The van der Waals surface area contributed by atoms with Gasteiger partial charge in [0.2, 0.25) is 0 Å². The highest BCUT2D eigenvalue weighted by Crippen LogP contribution is 2.20. The molecule has 0 radical (unpaired) electrons. The first-order chi connectivity index (χ1) is 10.6. The number of imide groups is 1. The van der Waals surface area contributed by atoms with Gasteiger partial charge in [-0.25, -0.2) is 4.79 Å². The molecule has 2 saturated heterocycles. The van der Waals surface area contributed by atoms with Crippen molar-refractivity contribution in [1.29, 1.82) is 0 Å². The second kappa shape index (κ2) is 7.41. The summed E-state index contributed by atoms with van der Waals surface area (Å²) in [5.74, 6) is 0.290. The van der Waals surface area contributed by atoms with Crippen LogP contribution in [-0.4, -0.2) is 87.5 Å². The molecule has 2 atom stereocenters. The van der Waals surface area contributed by atoms with Crippen LogP contribution in [0.4, 0.5) is 4.79 Å². The first-order valence-corrected chi connectivity index (χ1v) is 7.23. The number of nitrogens with one attached hydrogen (secondary N) is 2. The summed E-state index contributed by atoms with van der Waals surface area (Å²) in [5.41, 5.74) is 0. The van der Waals surface area contributed by atoms with Crippen LogP contribution in [-0.2, 0) is 14.3 Å². The number of carbonyl (C=O) groups is 2. The highest BCUT2D eigenvalue weighted by molar-refractivity contribution is 6.04. The maximum Gasteiger partial charge on any atom is 0.325 e. The normalized spacial score (nSPS) is 26.2. The van der Waals surface area contributed by atoms with E-state index < -0.39 is 18.2 Å². The maximum atomic E-state index is 12.2. The van der Waals surface area contributed by atoms with E-state index in [-0.39, 0.29) is 5.91 Å². The van der Waals surface area contributed by atoms with Gasteiger partial charge in [0, 0.05) is 41.0 Å². The Balaban J connectivity index is 2.15. The molecule has 124 valence electrons. The smallest absolute Gasteiger partial charge is 0.325 e. The molecule has 2 N–H and O–H groups in total. The van der Waals surface area contributed by atoms with Gasteiger partial charge in [0.1, 0.15) is 6.17 Å². The number of ether oxygens (including phenoxy) is 2. The summed E-state index contributed by atoms with van der Waals surface area (Å²) >= 11 is 0. The van der Waals surface area contributed by atoms with E-state index in [1.807, 2.05) is 4.90 Å². The minimum absolute atomic E-state index is 0.321. The molecule has 2 fully saturated rings. The van der Waals surface area contributed by atoms with Crippen LogP contribution >= 0.6 is 0 Å². The molecule has 0 aromatic rings. The fourth-order valence-electron chi connectivity index (χ4n) is 2.55. The molecule has 0 aromatic heterocycles. The second-order valence-corrected chi connectivity index (χ2v) is 5.18. The van der Waals surface area contributed by atoms with Gasteiger partial charge >= 0.3 is 6.03 Å². The van der Waals surface area contributed by atoms with Crippen molar-refractivity contribution in [3.05, 3.63) is 0 Å². The summed E-state index contributed by atoms with van der Waals surface area (Å²) in [7, 11) is 4.90. The number of hydrogen-bond acceptors (Lipinski definition) is 5. The van der Waals surface area contributed by atoms with E-state index in [0.717, 1.165) is 6.42 Å². The van der Waals surface area contributed by atoms with Crippen LogP contribution in [0.15, 0.2) is 4.99 Å². The van der Waals surface area contributed by atoms with E-state index in [1.165, 1.54) is 4.90 Å². The predicted octanol–water partition coefficient (Wildman–Crippen LogP) is -1.19. The zero-order valence-corrected chi connectivity index (χ0v) is 13.2. The number of carbonyl (C=O) groups excluding carboxylic acids is 2. The standard InChI is InChI=1S/C13H23N5O4/c1-17-10-9(11(19)16-13(17)20)18(6-8-22-3)12(15-10)14-5-4-7-21-2/h9-10H,4-8H2,1-3H3,(H,14,15)(H,16,19,20). The molecule has 9 heteroatoms. The largest absolute Gasteiger partial charge is 0.385 e. The third kappa shape index (κ3) is 3.30. The second-order valence-electron chi connectivity index (χ2n) is 5.18. The van der Waals surface area contributed by atoms with Crippen molar-refractivity contribution in [1.82, 2.24) is 20.4 Å². The lowest BCUT2D eigenvalue weighted by molar-refractivity contribution is -0.127. The average Bonchev–Trinajstić information content (AvgIpc) is 2.86. The molecule has 22 heavy (non-hydrogen) atoms. The molecule has 2 aliphatic heterocycles. The fourth-order valence-corrected chi connectivity index (χ4v) is 2.55. The number of nitrogens with zero attached hydrogens (tertiary/aromatic N) is 3. The third-order valence-electron chi connectivity index (χ3n) is 3.72. The first-order valence-electron chi connectivity index (χ1n) is 7.23. The number of methoxy groups -OCH3 is 2. The van der Waals surface area contributed by atoms with Crippen molar-refractivity contribution in [2.45, 2.75) is 18.6 Å². The van der Waals surface area contributed by atoms with Crippen molar-refractivity contribution in [3.8, 4) is 0 Å². The molecule has 0 aromatic carbocycles. The average molecular weight is 313 g/mol. The van der Waals surface area contributed by atoms with E-state index in [0.29, 0.717) is 32.3 Å². The molecule has 2 rings (SSSR count). The van der Waals surface area contributed by atoms with E-state index in [9.17, 15) is 9.59 Å². The molecule has 0 aliphatic carbocycles. The predicted molar refractivity (Wildman–Crippen MR) is 79.4 cm³/mol. The van der Waals surface area contributed by atoms with Gasteiger partial charge in [-0.1, -0.05) is 0 Å². The Morgan fingerprint density at radius 1 is 1.23 bits per heavy atom. The third-order valence-corrected chi connectivity index (χ3v) is 3.72. The summed E-state index contributed by atoms with van der Waals surface area (Å²) in [6, 6.07) is -0.912. The Kier molecular flexibility index (Phi) is 5.56. The van der Waals surface area contributed by atoms with Crippen LogP contribution in [0, 0.1) is 0 Å². The Bertz CT molecular complexity index is 456. The summed E-state index contributed by atoms with van der Waals surface area (Å²) in [6.07, 6.45) is 0.370. The molecule has 0 bridgehead atoms. The fraction of sp³-hybridized carbons (Fsp3) is 0.769. The van der Waals surface area contributed by atoms with Crippen LogP contribution in [0.3, 0.4) is 0 Å². The number of fused-ring (bicyclic) bond motifs is 1. The number of aliphatic imine (C=N–C) groups is 1. The molecule has 3 amide bonds. The quantitative estimate of drug-likeness (QED) is 0.574. The minimum atomic E-state index is -0.501. The molecule has 2 aliphatic rings. The number of rotatable bonds is 7. The van der Waals surface area contributed by atoms with Gasteiger partial charge in [0.15, 0.2) is 12.0 Å². The molecule has 2 unspecified atom stereocenters. The molecule has 9 nitrogen and oxygen atoms in total. The van der Waals surface area contributed by atoms with Gasteiger partial charge in [0.05, 0.1) is 6.61 Å². The van der Waals surface area contributed by atoms with Gasteiger partial charge < -0.3 is 24.6 Å². The van der Waals surface area contributed by atoms with Crippen molar-refractivity contribution < 1.29 is 19.1 Å². The zero-order valence-electron chi connectivity index (χ0n) is 13.2. The molecular weight excluding hydrogens is 290 g/mol. The van der Waals surface area contributed by atoms with Crippen molar-refractivity contribution in [3.63, 3.8) is 0 Å². The van der Waals surface area contributed by atoms with Gasteiger partial charge in [0.25, 0.3) is 5.91 Å². The molecule has 2 heterocycles. The lowest BCUT2D eigenvalue weighted by atomic mass is 10.1. The van der Waals surface area contributed by atoms with E-state index in [1.54, 1.807) is 21.3 Å². The number of amides is 3. The minimum Gasteiger partial charge on any atom is -0.385 e. The monoisotopic (exact) mass is 313 g/mol. The lowest BCUT2D eigenvalue weighted by Gasteiger charge is -2.35. The summed E-state index contributed by atoms with van der Waals surface area (Å²) in [4.78, 5) is 31.7. The van der Waals surface area contributed by atoms with Gasteiger partial charge in [-0.2, -0.15) is 0 Å². The van der Waals surface area contributed by atoms with Gasteiger partial charge in [-0.05, 0) is 6.42 Å². The van der Waals surface area contributed by atoms with Gasteiger partial charge in [-0.15, -0.1) is 0 Å². The number of likely N-dealkylation sites (N-methyl/N-ethyl adjacent to an activating group) is 1. The van der Waals surface area contributed by atoms with Crippen LogP contribution in [0.25, 0.3) is 0 Å². The number of hydrogen-bond donors (Lipinski definition) is 2. The maximum absolute atomic E-state index is 12.2. The van der Waals surface area contributed by atoms with Gasteiger partial charge in [-0.3, -0.25) is 15.1 Å². The highest BCUT2D eigenvalue weighted by atomic mass is 16.5. The summed E-state index contributed by atoms with van der Waals surface area (Å²) < 4.78 is 10.1. The zero-order chi connectivity index (χ0) is 16.1. The van der Waals surface area contributed by atoms with Crippen molar-refractivity contribution in [2.24, 2.45) is 4.99 Å². The van der Waals surface area contributed by atoms with Crippen LogP contribution in [0.2, 0.25) is 0 Å². The number of urea groups is 1. The first kappa shape index (κ1) is 16.5. The topological polar surface area (TPSA) is 95.5 Å². The Morgan fingerprint density at radius 2 is 1.95 bits per heavy atom.